The predicted octanol–water partition coefficient (Wildman–Crippen LogP) is 7.54. The highest BCUT2D eigenvalue weighted by Gasteiger charge is 2.52. The van der Waals surface area contributed by atoms with E-state index >= 15 is 0 Å². The van der Waals surface area contributed by atoms with Crippen LogP contribution < -0.4 is 9.80 Å². The molecule has 0 saturated heterocycles. The highest BCUT2D eigenvalue weighted by Crippen LogP contribution is 2.56. The Morgan fingerprint density at radius 3 is 1.06 bits per heavy atom. The number of benzene rings is 3. The molecular formula is C31H35N3. The van der Waals surface area contributed by atoms with Crippen LogP contribution >= 0.6 is 0 Å². The number of nitriles is 1. The molecule has 0 fully saturated rings. The van der Waals surface area contributed by atoms with Crippen LogP contribution in [0.4, 0.5) is 11.4 Å². The van der Waals surface area contributed by atoms with Crippen molar-refractivity contribution in [3.05, 3.63) is 94.5 Å². The van der Waals surface area contributed by atoms with Crippen LogP contribution in [0.1, 0.15) is 83.2 Å². The van der Waals surface area contributed by atoms with Crippen molar-refractivity contribution in [1.82, 2.24) is 0 Å². The maximum Gasteiger partial charge on any atom is 0.104 e. The molecule has 0 amide bonds. The van der Waals surface area contributed by atoms with Crippen LogP contribution in [-0.2, 0) is 22.2 Å². The fourth-order valence-electron chi connectivity index (χ4n) is 7.20. The Hall–Kier alpha value is -3.25. The van der Waals surface area contributed by atoms with Crippen LogP contribution in [-0.4, -0.2) is 0 Å². The van der Waals surface area contributed by atoms with E-state index in [-0.39, 0.29) is 22.2 Å². The van der Waals surface area contributed by atoms with Gasteiger partial charge in [-0.05, 0) is 89.8 Å². The summed E-state index contributed by atoms with van der Waals surface area (Å²) in [4.78, 5) is 4.91. The average molecular weight is 450 g/mol. The second-order valence-electron chi connectivity index (χ2n) is 11.8. The number of hydrogen-bond acceptors (Lipinski definition) is 3. The maximum absolute atomic E-state index is 10.6. The normalized spacial score (nSPS) is 20.6. The lowest BCUT2D eigenvalue weighted by Gasteiger charge is -2.46. The van der Waals surface area contributed by atoms with E-state index in [1.807, 2.05) is 0 Å². The van der Waals surface area contributed by atoms with Gasteiger partial charge in [0.2, 0.25) is 0 Å². The van der Waals surface area contributed by atoms with Crippen LogP contribution in [0.25, 0.3) is 0 Å². The monoisotopic (exact) mass is 449 g/mol. The molecule has 3 aromatic carbocycles. The number of nitrogens with zero attached hydrogens (tertiary/aromatic N) is 3. The molecule has 174 valence electrons. The van der Waals surface area contributed by atoms with E-state index in [1.165, 1.54) is 22.3 Å². The second kappa shape index (κ2) is 6.89. The van der Waals surface area contributed by atoms with Crippen molar-refractivity contribution in [3.8, 4) is 6.07 Å². The minimum absolute atomic E-state index is 0.247. The van der Waals surface area contributed by atoms with Crippen molar-refractivity contribution in [3.63, 3.8) is 0 Å². The zero-order valence-electron chi connectivity index (χ0n) is 21.7. The van der Waals surface area contributed by atoms with Crippen molar-refractivity contribution in [2.45, 2.75) is 77.5 Å². The third kappa shape index (κ3) is 2.69. The lowest BCUT2D eigenvalue weighted by molar-refractivity contribution is 0.397. The van der Waals surface area contributed by atoms with Crippen LogP contribution in [0, 0.1) is 11.3 Å². The predicted molar refractivity (Wildman–Crippen MR) is 141 cm³/mol. The quantitative estimate of drug-likeness (QED) is 0.405. The molecule has 0 saturated carbocycles. The van der Waals surface area contributed by atoms with Gasteiger partial charge in [-0.1, -0.05) is 54.6 Å². The number of anilines is 2. The lowest BCUT2D eigenvalue weighted by atomic mass is 9.91. The first kappa shape index (κ1) is 22.5. The van der Waals surface area contributed by atoms with Gasteiger partial charge >= 0.3 is 0 Å². The Balaban J connectivity index is 1.74. The standard InChI is InChI=1S/C31H35N3/c1-28(2)22-14-9-10-15-23(22)29(3,4)33(28)26-18-13-19-27(21(26)20-32)34-30(5,6)24-16-11-12-17-25(24)31(34,7)8/h9-19H,1-8H3. The van der Waals surface area contributed by atoms with Gasteiger partial charge in [0.15, 0.2) is 0 Å². The summed E-state index contributed by atoms with van der Waals surface area (Å²) in [6, 6.07) is 26.4. The highest BCUT2D eigenvalue weighted by atomic mass is 15.3. The van der Waals surface area contributed by atoms with Crippen LogP contribution in [0.5, 0.6) is 0 Å². The van der Waals surface area contributed by atoms with Gasteiger partial charge in [0.25, 0.3) is 0 Å². The summed E-state index contributed by atoms with van der Waals surface area (Å²) in [6.07, 6.45) is 0. The van der Waals surface area contributed by atoms with E-state index in [0.29, 0.717) is 0 Å². The lowest BCUT2D eigenvalue weighted by Crippen LogP contribution is -2.48. The van der Waals surface area contributed by atoms with Crippen molar-refractivity contribution >= 4 is 11.4 Å². The van der Waals surface area contributed by atoms with Gasteiger partial charge in [-0.15, -0.1) is 0 Å². The fraction of sp³-hybridized carbons (Fsp3) is 0.387. The molecule has 3 aromatic rings. The molecule has 0 bridgehead atoms. The molecule has 0 aliphatic carbocycles. The molecule has 2 aliphatic rings. The highest BCUT2D eigenvalue weighted by molar-refractivity contribution is 5.79. The summed E-state index contributed by atoms with van der Waals surface area (Å²) in [5.74, 6) is 0. The molecule has 0 aromatic heterocycles. The summed E-state index contributed by atoms with van der Waals surface area (Å²) >= 11 is 0. The summed E-state index contributed by atoms with van der Waals surface area (Å²) in [6.45, 7) is 18.2. The van der Waals surface area contributed by atoms with E-state index < -0.39 is 0 Å². The molecule has 2 aliphatic heterocycles. The van der Waals surface area contributed by atoms with Gasteiger partial charge in [-0.3, -0.25) is 0 Å². The van der Waals surface area contributed by atoms with Gasteiger partial charge in [-0.2, -0.15) is 5.26 Å². The second-order valence-corrected chi connectivity index (χ2v) is 11.8. The summed E-state index contributed by atoms with van der Waals surface area (Å²) in [5, 5.41) is 10.6. The van der Waals surface area contributed by atoms with Gasteiger partial charge in [0, 0.05) is 0 Å². The van der Waals surface area contributed by atoms with Crippen molar-refractivity contribution in [2.75, 3.05) is 9.80 Å². The number of fused-ring (bicyclic) bond motifs is 2. The topological polar surface area (TPSA) is 30.3 Å². The van der Waals surface area contributed by atoms with Gasteiger partial charge < -0.3 is 9.80 Å². The summed E-state index contributed by atoms with van der Waals surface area (Å²) in [5.41, 5.74) is 7.03. The van der Waals surface area contributed by atoms with E-state index in [2.05, 4.69) is 138 Å². The minimum Gasteiger partial charge on any atom is -0.352 e. The molecule has 3 heteroatoms. The summed E-state index contributed by atoms with van der Waals surface area (Å²) < 4.78 is 0. The third-order valence-electron chi connectivity index (χ3n) is 8.34. The van der Waals surface area contributed by atoms with Crippen LogP contribution in [0.2, 0.25) is 0 Å². The number of hydrogen-bond donors (Lipinski definition) is 0. The smallest absolute Gasteiger partial charge is 0.104 e. The van der Waals surface area contributed by atoms with Gasteiger partial charge in [-0.25, -0.2) is 0 Å². The molecular weight excluding hydrogens is 414 g/mol. The molecule has 0 unspecified atom stereocenters. The molecule has 2 heterocycles. The summed E-state index contributed by atoms with van der Waals surface area (Å²) in [7, 11) is 0. The van der Waals surface area contributed by atoms with E-state index in [0.717, 1.165) is 16.9 Å². The van der Waals surface area contributed by atoms with E-state index in [9.17, 15) is 5.26 Å². The van der Waals surface area contributed by atoms with E-state index in [4.69, 9.17) is 0 Å². The van der Waals surface area contributed by atoms with Gasteiger partial charge in [0.1, 0.15) is 6.07 Å². The fourth-order valence-corrected chi connectivity index (χ4v) is 7.20. The third-order valence-corrected chi connectivity index (χ3v) is 8.34. The van der Waals surface area contributed by atoms with Crippen molar-refractivity contribution in [1.29, 1.82) is 5.26 Å². The Kier molecular flexibility index (Phi) is 4.57. The molecule has 3 nitrogen and oxygen atoms in total. The Morgan fingerprint density at radius 1 is 0.500 bits per heavy atom. The van der Waals surface area contributed by atoms with Gasteiger partial charge in [0.05, 0.1) is 39.1 Å². The first-order valence-corrected chi connectivity index (χ1v) is 12.2. The maximum atomic E-state index is 10.6. The Labute approximate surface area is 204 Å². The molecule has 0 atom stereocenters. The van der Waals surface area contributed by atoms with E-state index in [1.54, 1.807) is 0 Å². The Morgan fingerprint density at radius 2 is 0.794 bits per heavy atom. The molecule has 34 heavy (non-hydrogen) atoms. The van der Waals surface area contributed by atoms with Crippen molar-refractivity contribution < 1.29 is 0 Å². The molecule has 0 spiro atoms. The van der Waals surface area contributed by atoms with Crippen LogP contribution in [0.3, 0.4) is 0 Å². The molecule has 0 radical (unpaired) electrons. The zero-order chi connectivity index (χ0) is 24.7. The zero-order valence-corrected chi connectivity index (χ0v) is 21.7. The largest absolute Gasteiger partial charge is 0.352 e. The molecule has 0 N–H and O–H groups in total. The minimum atomic E-state index is -0.247. The SMILES string of the molecule is CC1(C)c2ccccc2C(C)(C)N1c1cccc(N2C(C)(C)c3ccccc3C2(C)C)c1C#N. The first-order valence-electron chi connectivity index (χ1n) is 12.2. The number of rotatable bonds is 2. The Bertz CT molecular complexity index is 1170. The average Bonchev–Trinajstić information content (AvgIpc) is 3.05. The van der Waals surface area contributed by atoms with Crippen molar-refractivity contribution in [2.24, 2.45) is 0 Å². The molecule has 5 rings (SSSR count). The first-order chi connectivity index (χ1) is 15.9. The van der Waals surface area contributed by atoms with Crippen LogP contribution in [0.15, 0.2) is 66.7 Å².